The number of nitrogens with two attached hydrogens (primary N) is 1. The Labute approximate surface area is 105 Å². The molecule has 0 saturated carbocycles. The summed E-state index contributed by atoms with van der Waals surface area (Å²) in [6, 6.07) is 3.27. The number of anilines is 1. The van der Waals surface area contributed by atoms with Gasteiger partial charge in [-0.05, 0) is 25.1 Å². The fraction of sp³-hybridized carbons (Fsp3) is 0.273. The number of halogens is 3. The van der Waals surface area contributed by atoms with Gasteiger partial charge in [0.15, 0.2) is 5.58 Å². The lowest BCUT2D eigenvalue weighted by atomic mass is 10.2. The predicted molar refractivity (Wildman–Crippen MR) is 61.3 cm³/mol. The summed E-state index contributed by atoms with van der Waals surface area (Å²) in [6.45, 7) is 1.49. The molecule has 1 atom stereocenters. The van der Waals surface area contributed by atoms with Crippen molar-refractivity contribution in [3.63, 3.8) is 0 Å². The molecule has 1 aromatic carbocycles. The van der Waals surface area contributed by atoms with Crippen molar-refractivity contribution in [2.75, 3.05) is 5.32 Å². The number of hydrogen-bond acceptors (Lipinski definition) is 4. The molecule has 1 amide bonds. The highest BCUT2D eigenvalue weighted by Crippen LogP contribution is 2.31. The Bertz CT molecular complexity index is 619. The van der Waals surface area contributed by atoms with Crippen molar-refractivity contribution in [1.82, 2.24) is 4.98 Å². The number of hydrogen-bond donors (Lipinski definition) is 2. The summed E-state index contributed by atoms with van der Waals surface area (Å²) < 4.78 is 41.8. The van der Waals surface area contributed by atoms with Crippen molar-refractivity contribution < 1.29 is 22.4 Å². The van der Waals surface area contributed by atoms with E-state index in [1.165, 1.54) is 25.1 Å². The zero-order chi connectivity index (χ0) is 14.2. The summed E-state index contributed by atoms with van der Waals surface area (Å²) in [7, 11) is 0. The third kappa shape index (κ3) is 2.84. The van der Waals surface area contributed by atoms with Crippen LogP contribution in [0, 0.1) is 0 Å². The van der Waals surface area contributed by atoms with E-state index in [2.05, 4.69) is 14.7 Å². The molecule has 8 heteroatoms. The predicted octanol–water partition coefficient (Wildman–Crippen LogP) is 2.13. The zero-order valence-corrected chi connectivity index (χ0v) is 9.78. The molecule has 3 N–H and O–H groups in total. The van der Waals surface area contributed by atoms with E-state index in [1.54, 1.807) is 0 Å². The monoisotopic (exact) mass is 273 g/mol. The van der Waals surface area contributed by atoms with Crippen LogP contribution in [0.4, 0.5) is 18.9 Å². The lowest BCUT2D eigenvalue weighted by molar-refractivity contribution is -0.156. The minimum Gasteiger partial charge on any atom is -0.433 e. The minimum absolute atomic E-state index is 0.00822. The number of nitrogens with zero attached hydrogens (tertiary/aromatic N) is 1. The van der Waals surface area contributed by atoms with Gasteiger partial charge in [-0.3, -0.25) is 4.79 Å². The Morgan fingerprint density at radius 3 is 2.74 bits per heavy atom. The smallest absolute Gasteiger partial charge is 0.433 e. The van der Waals surface area contributed by atoms with Crippen LogP contribution >= 0.6 is 0 Å². The van der Waals surface area contributed by atoms with Gasteiger partial charge in [0.1, 0.15) is 5.52 Å². The maximum Gasteiger partial charge on any atom is 0.468 e. The van der Waals surface area contributed by atoms with Crippen molar-refractivity contribution in [3.05, 3.63) is 24.1 Å². The van der Waals surface area contributed by atoms with Gasteiger partial charge in [0.05, 0.1) is 6.04 Å². The molecule has 0 aliphatic rings. The standard InChI is InChI=1S/C11H10F3N3O2/c1-5(15)9(18)16-6-2-3-8-7(4-6)17-10(19-8)11(12,13)14/h2-5H,15H2,1H3,(H,16,18)/t5-/m0/s1. The molecule has 0 bridgehead atoms. The van der Waals surface area contributed by atoms with Crippen LogP contribution in [0.15, 0.2) is 22.6 Å². The fourth-order valence-corrected chi connectivity index (χ4v) is 1.38. The molecular formula is C11H10F3N3O2. The highest BCUT2D eigenvalue weighted by molar-refractivity contribution is 5.95. The number of nitrogens with one attached hydrogen (secondary N) is 1. The van der Waals surface area contributed by atoms with Crippen LogP contribution in [0.3, 0.4) is 0 Å². The number of carbonyl (C=O) groups is 1. The number of aromatic nitrogens is 1. The van der Waals surface area contributed by atoms with Crippen LogP contribution in [-0.4, -0.2) is 16.9 Å². The molecule has 5 nitrogen and oxygen atoms in total. The van der Waals surface area contributed by atoms with Crippen molar-refractivity contribution in [2.45, 2.75) is 19.1 Å². The number of fused-ring (bicyclic) bond motifs is 1. The Morgan fingerprint density at radius 2 is 2.16 bits per heavy atom. The molecule has 0 radical (unpaired) electrons. The number of rotatable bonds is 2. The topological polar surface area (TPSA) is 81.2 Å². The lowest BCUT2D eigenvalue weighted by Crippen LogP contribution is -2.32. The van der Waals surface area contributed by atoms with Crippen LogP contribution in [0.2, 0.25) is 0 Å². The summed E-state index contributed by atoms with van der Waals surface area (Å²) >= 11 is 0. The number of oxazole rings is 1. The van der Waals surface area contributed by atoms with Gasteiger partial charge >= 0.3 is 12.1 Å². The Balaban J connectivity index is 2.33. The van der Waals surface area contributed by atoms with Gasteiger partial charge in [-0.25, -0.2) is 4.98 Å². The SMILES string of the molecule is C[C@H](N)C(=O)Nc1ccc2oc(C(F)(F)F)nc2c1. The Kier molecular flexibility index (Phi) is 3.19. The zero-order valence-electron chi connectivity index (χ0n) is 9.78. The van der Waals surface area contributed by atoms with E-state index >= 15 is 0 Å². The molecule has 0 saturated heterocycles. The average molecular weight is 273 g/mol. The molecular weight excluding hydrogens is 263 g/mol. The van der Waals surface area contributed by atoms with Crippen molar-refractivity contribution >= 4 is 22.7 Å². The third-order valence-corrected chi connectivity index (χ3v) is 2.31. The first kappa shape index (κ1) is 13.3. The maximum atomic E-state index is 12.4. The second-order valence-electron chi connectivity index (χ2n) is 3.98. The second-order valence-corrected chi connectivity index (χ2v) is 3.98. The molecule has 1 heterocycles. The van der Waals surface area contributed by atoms with Crippen LogP contribution < -0.4 is 11.1 Å². The molecule has 0 aliphatic carbocycles. The normalized spacial score (nSPS) is 13.5. The fourth-order valence-electron chi connectivity index (χ4n) is 1.38. The molecule has 2 aromatic rings. The van der Waals surface area contributed by atoms with E-state index < -0.39 is 24.0 Å². The molecule has 1 aromatic heterocycles. The molecule has 0 fully saturated rings. The van der Waals surface area contributed by atoms with Crippen molar-refractivity contribution in [1.29, 1.82) is 0 Å². The molecule has 0 aliphatic heterocycles. The van der Waals surface area contributed by atoms with E-state index in [4.69, 9.17) is 5.73 Å². The third-order valence-electron chi connectivity index (χ3n) is 2.31. The van der Waals surface area contributed by atoms with Crippen LogP contribution in [-0.2, 0) is 11.0 Å². The minimum atomic E-state index is -4.64. The van der Waals surface area contributed by atoms with E-state index in [0.717, 1.165) is 0 Å². The van der Waals surface area contributed by atoms with Gasteiger partial charge in [-0.15, -0.1) is 0 Å². The number of benzene rings is 1. The number of amides is 1. The summed E-state index contributed by atoms with van der Waals surface area (Å²) in [4.78, 5) is 14.7. The second kappa shape index (κ2) is 4.54. The van der Waals surface area contributed by atoms with Gasteiger partial charge in [0.2, 0.25) is 5.91 Å². The van der Waals surface area contributed by atoms with Crippen molar-refractivity contribution in [2.24, 2.45) is 5.73 Å². The van der Waals surface area contributed by atoms with Crippen LogP contribution in [0.25, 0.3) is 11.1 Å². The maximum absolute atomic E-state index is 12.4. The highest BCUT2D eigenvalue weighted by Gasteiger charge is 2.37. The van der Waals surface area contributed by atoms with Gasteiger partial charge < -0.3 is 15.5 Å². The summed E-state index contributed by atoms with van der Waals surface area (Å²) in [5.41, 5.74) is 5.67. The van der Waals surface area contributed by atoms with Gasteiger partial charge in [0.25, 0.3) is 0 Å². The Hall–Kier alpha value is -2.09. The first-order valence-corrected chi connectivity index (χ1v) is 5.31. The molecule has 0 unspecified atom stereocenters. The number of alkyl halides is 3. The molecule has 0 spiro atoms. The summed E-state index contributed by atoms with van der Waals surface area (Å²) in [6.07, 6.45) is -4.64. The van der Waals surface area contributed by atoms with Crippen molar-refractivity contribution in [3.8, 4) is 0 Å². The Morgan fingerprint density at radius 1 is 1.47 bits per heavy atom. The van der Waals surface area contributed by atoms with Crippen LogP contribution in [0.1, 0.15) is 12.8 Å². The first-order chi connectivity index (χ1) is 8.77. The molecule has 102 valence electrons. The quantitative estimate of drug-likeness (QED) is 0.878. The van der Waals surface area contributed by atoms with E-state index in [0.29, 0.717) is 5.69 Å². The average Bonchev–Trinajstić information content (AvgIpc) is 2.71. The van der Waals surface area contributed by atoms with Crippen LogP contribution in [0.5, 0.6) is 0 Å². The van der Waals surface area contributed by atoms with Gasteiger partial charge in [-0.2, -0.15) is 13.2 Å². The van der Waals surface area contributed by atoms with E-state index in [9.17, 15) is 18.0 Å². The largest absolute Gasteiger partial charge is 0.468 e. The summed E-state index contributed by atoms with van der Waals surface area (Å²) in [5.74, 6) is -1.77. The first-order valence-electron chi connectivity index (χ1n) is 5.31. The van der Waals surface area contributed by atoms with Gasteiger partial charge in [-0.1, -0.05) is 0 Å². The van der Waals surface area contributed by atoms with E-state index in [1.807, 2.05) is 0 Å². The molecule has 2 rings (SSSR count). The van der Waals surface area contributed by atoms with Gasteiger partial charge in [0, 0.05) is 5.69 Å². The summed E-state index contributed by atoms with van der Waals surface area (Å²) in [5, 5.41) is 2.45. The lowest BCUT2D eigenvalue weighted by Gasteiger charge is -2.06. The molecule has 19 heavy (non-hydrogen) atoms. The number of carbonyl (C=O) groups excluding carboxylic acids is 1. The van der Waals surface area contributed by atoms with E-state index in [-0.39, 0.29) is 11.1 Å². The highest BCUT2D eigenvalue weighted by atomic mass is 19.4.